The molecule has 16 heavy (non-hydrogen) atoms. The highest BCUT2D eigenvalue weighted by molar-refractivity contribution is 5.99. The van der Waals surface area contributed by atoms with Crippen molar-refractivity contribution in [1.29, 1.82) is 0 Å². The maximum atomic E-state index is 11.1. The molecule has 0 aliphatic carbocycles. The zero-order valence-electron chi connectivity index (χ0n) is 9.66. The molecule has 88 valence electrons. The van der Waals surface area contributed by atoms with Crippen LogP contribution in [0.1, 0.15) is 24.2 Å². The van der Waals surface area contributed by atoms with E-state index < -0.39 is 0 Å². The highest BCUT2D eigenvalue weighted by Gasteiger charge is 2.05. The molecule has 1 rings (SSSR count). The van der Waals surface area contributed by atoms with Crippen molar-refractivity contribution >= 4 is 11.5 Å². The van der Waals surface area contributed by atoms with Gasteiger partial charge in [0.25, 0.3) is 0 Å². The van der Waals surface area contributed by atoms with Crippen LogP contribution in [0.25, 0.3) is 0 Å². The Kier molecular flexibility index (Phi) is 4.79. The third-order valence-corrected chi connectivity index (χ3v) is 2.10. The van der Waals surface area contributed by atoms with Crippen LogP contribution < -0.4 is 10.5 Å². The van der Waals surface area contributed by atoms with Crippen molar-refractivity contribution in [2.45, 2.75) is 13.8 Å². The van der Waals surface area contributed by atoms with Gasteiger partial charge in [-0.1, -0.05) is 0 Å². The third kappa shape index (κ3) is 3.55. The number of hydrogen-bond donors (Lipinski definition) is 1. The first-order valence-electron chi connectivity index (χ1n) is 5.26. The molecule has 2 N–H and O–H groups in total. The molecular weight excluding hydrogens is 206 g/mol. The summed E-state index contributed by atoms with van der Waals surface area (Å²) in [6.45, 7) is 5.12. The van der Waals surface area contributed by atoms with Crippen molar-refractivity contribution in [2.24, 2.45) is 0 Å². The van der Waals surface area contributed by atoms with Gasteiger partial charge in [-0.15, -0.1) is 0 Å². The van der Waals surface area contributed by atoms with E-state index in [4.69, 9.17) is 15.2 Å². The fourth-order valence-corrected chi connectivity index (χ4v) is 1.31. The number of ketones is 1. The molecule has 0 atom stereocenters. The summed E-state index contributed by atoms with van der Waals surface area (Å²) in [5.41, 5.74) is 6.69. The number of Topliss-reactive ketones (excluding diaryl/α,β-unsaturated/α-hetero) is 1. The second-order valence-electron chi connectivity index (χ2n) is 3.35. The van der Waals surface area contributed by atoms with Crippen molar-refractivity contribution in [2.75, 3.05) is 25.6 Å². The van der Waals surface area contributed by atoms with Gasteiger partial charge >= 0.3 is 0 Å². The lowest BCUT2D eigenvalue weighted by Gasteiger charge is -2.08. The van der Waals surface area contributed by atoms with Gasteiger partial charge < -0.3 is 15.2 Å². The topological polar surface area (TPSA) is 61.5 Å². The Hall–Kier alpha value is -1.55. The normalized spacial score (nSPS) is 10.1. The van der Waals surface area contributed by atoms with Gasteiger partial charge in [-0.05, 0) is 26.0 Å². The molecule has 0 radical (unpaired) electrons. The predicted octanol–water partition coefficient (Wildman–Crippen LogP) is 1.89. The molecule has 0 heterocycles. The van der Waals surface area contributed by atoms with Crippen LogP contribution in [0.15, 0.2) is 18.2 Å². The summed E-state index contributed by atoms with van der Waals surface area (Å²) in [5, 5.41) is 0. The highest BCUT2D eigenvalue weighted by Crippen LogP contribution is 2.20. The number of ether oxygens (including phenoxy) is 2. The maximum Gasteiger partial charge on any atom is 0.161 e. The molecule has 4 nitrogen and oxygen atoms in total. The summed E-state index contributed by atoms with van der Waals surface area (Å²) in [7, 11) is 0. The minimum atomic E-state index is -0.0432. The van der Waals surface area contributed by atoms with Crippen LogP contribution >= 0.6 is 0 Å². The molecular formula is C12H17NO3. The fraction of sp³-hybridized carbons (Fsp3) is 0.417. The minimum Gasteiger partial charge on any atom is -0.491 e. The summed E-state index contributed by atoms with van der Waals surface area (Å²) >= 11 is 0. The number of carbonyl (C=O) groups excluding carboxylic acids is 1. The summed E-state index contributed by atoms with van der Waals surface area (Å²) in [6.07, 6.45) is 0. The zero-order valence-corrected chi connectivity index (χ0v) is 9.66. The van der Waals surface area contributed by atoms with Crippen LogP contribution in [0.5, 0.6) is 5.75 Å². The van der Waals surface area contributed by atoms with Crippen molar-refractivity contribution in [1.82, 2.24) is 0 Å². The molecule has 0 amide bonds. The lowest BCUT2D eigenvalue weighted by molar-refractivity contribution is 0.101. The van der Waals surface area contributed by atoms with E-state index in [0.717, 1.165) is 0 Å². The molecule has 0 unspecified atom stereocenters. The number of nitrogen functional groups attached to an aromatic ring is 1. The molecule has 0 saturated carbocycles. The molecule has 4 heteroatoms. The fourth-order valence-electron chi connectivity index (χ4n) is 1.31. The van der Waals surface area contributed by atoms with Crippen molar-refractivity contribution < 1.29 is 14.3 Å². The Morgan fingerprint density at radius 3 is 2.69 bits per heavy atom. The summed E-state index contributed by atoms with van der Waals surface area (Å²) < 4.78 is 10.5. The third-order valence-electron chi connectivity index (χ3n) is 2.10. The summed E-state index contributed by atoms with van der Waals surface area (Å²) in [4.78, 5) is 11.1. The van der Waals surface area contributed by atoms with Crippen molar-refractivity contribution in [3.8, 4) is 5.75 Å². The average Bonchev–Trinajstić information content (AvgIpc) is 2.24. The smallest absolute Gasteiger partial charge is 0.161 e. The van der Waals surface area contributed by atoms with E-state index in [0.29, 0.717) is 36.8 Å². The van der Waals surface area contributed by atoms with Crippen molar-refractivity contribution in [3.63, 3.8) is 0 Å². The SMILES string of the molecule is CCOCCOc1ccc(C(C)=O)c(N)c1. The van der Waals surface area contributed by atoms with Gasteiger partial charge in [0.05, 0.1) is 6.61 Å². The van der Waals surface area contributed by atoms with Gasteiger partial charge in [-0.3, -0.25) is 4.79 Å². The molecule has 0 saturated heterocycles. The van der Waals surface area contributed by atoms with Crippen LogP contribution in [0.3, 0.4) is 0 Å². The van der Waals surface area contributed by atoms with E-state index in [1.165, 1.54) is 6.92 Å². The van der Waals surface area contributed by atoms with Gasteiger partial charge in [0.1, 0.15) is 12.4 Å². The van der Waals surface area contributed by atoms with E-state index in [2.05, 4.69) is 0 Å². The summed E-state index contributed by atoms with van der Waals surface area (Å²) in [6, 6.07) is 5.06. The van der Waals surface area contributed by atoms with Gasteiger partial charge in [-0.2, -0.15) is 0 Å². The molecule has 0 aliphatic rings. The first-order valence-corrected chi connectivity index (χ1v) is 5.26. The number of hydrogen-bond acceptors (Lipinski definition) is 4. The Balaban J connectivity index is 2.56. The lowest BCUT2D eigenvalue weighted by atomic mass is 10.1. The number of nitrogens with two attached hydrogens (primary N) is 1. The van der Waals surface area contributed by atoms with E-state index in [1.807, 2.05) is 6.92 Å². The van der Waals surface area contributed by atoms with Gasteiger partial charge in [0.15, 0.2) is 5.78 Å². The lowest BCUT2D eigenvalue weighted by Crippen LogP contribution is -2.07. The second-order valence-corrected chi connectivity index (χ2v) is 3.35. The Labute approximate surface area is 95.3 Å². The second kappa shape index (κ2) is 6.12. The zero-order chi connectivity index (χ0) is 12.0. The number of anilines is 1. The molecule has 0 aliphatic heterocycles. The number of rotatable bonds is 6. The standard InChI is InChI=1S/C12H17NO3/c1-3-15-6-7-16-10-4-5-11(9(2)14)12(13)8-10/h4-5,8H,3,6-7,13H2,1-2H3. The monoisotopic (exact) mass is 223 g/mol. The molecule has 1 aromatic rings. The predicted molar refractivity (Wildman–Crippen MR) is 62.8 cm³/mol. The summed E-state index contributed by atoms with van der Waals surface area (Å²) in [5.74, 6) is 0.612. The maximum absolute atomic E-state index is 11.1. The van der Waals surface area contributed by atoms with E-state index >= 15 is 0 Å². The average molecular weight is 223 g/mol. The first kappa shape index (κ1) is 12.5. The van der Waals surface area contributed by atoms with Crippen LogP contribution in [0.2, 0.25) is 0 Å². The van der Waals surface area contributed by atoms with Crippen LogP contribution in [0.4, 0.5) is 5.69 Å². The molecule has 0 fully saturated rings. The van der Waals surface area contributed by atoms with Gasteiger partial charge in [0.2, 0.25) is 0 Å². The minimum absolute atomic E-state index is 0.0432. The van der Waals surface area contributed by atoms with Crippen LogP contribution in [-0.4, -0.2) is 25.6 Å². The molecule has 1 aromatic carbocycles. The molecule has 0 spiro atoms. The largest absolute Gasteiger partial charge is 0.491 e. The van der Waals surface area contributed by atoms with Gasteiger partial charge in [0, 0.05) is 23.9 Å². The van der Waals surface area contributed by atoms with Crippen molar-refractivity contribution in [3.05, 3.63) is 23.8 Å². The molecule has 0 aromatic heterocycles. The Morgan fingerprint density at radius 2 is 2.12 bits per heavy atom. The van der Waals surface area contributed by atoms with Gasteiger partial charge in [-0.25, -0.2) is 0 Å². The number of carbonyl (C=O) groups is 1. The highest BCUT2D eigenvalue weighted by atomic mass is 16.5. The number of benzene rings is 1. The van der Waals surface area contributed by atoms with E-state index in [-0.39, 0.29) is 5.78 Å². The van der Waals surface area contributed by atoms with E-state index in [1.54, 1.807) is 18.2 Å². The van der Waals surface area contributed by atoms with Crippen LogP contribution in [-0.2, 0) is 4.74 Å². The van der Waals surface area contributed by atoms with Crippen LogP contribution in [0, 0.1) is 0 Å². The molecule has 0 bridgehead atoms. The quantitative estimate of drug-likeness (QED) is 0.454. The van der Waals surface area contributed by atoms with E-state index in [9.17, 15) is 4.79 Å². The Morgan fingerprint density at radius 1 is 1.38 bits per heavy atom. The Bertz CT molecular complexity index is 363. The first-order chi connectivity index (χ1) is 7.65.